The first kappa shape index (κ1) is 20.6. The number of fused-ring (bicyclic) bond motifs is 2. The van der Waals surface area contributed by atoms with Crippen molar-refractivity contribution in [2.45, 2.75) is 20.4 Å². The van der Waals surface area contributed by atoms with Gasteiger partial charge >= 0.3 is 0 Å². The second-order valence-electron chi connectivity index (χ2n) is 8.17. The van der Waals surface area contributed by atoms with Crippen molar-refractivity contribution in [1.82, 2.24) is 14.5 Å². The van der Waals surface area contributed by atoms with Crippen LogP contribution in [0.4, 0.5) is 0 Å². The van der Waals surface area contributed by atoms with E-state index in [-0.39, 0.29) is 0 Å². The Morgan fingerprint density at radius 3 is 2.64 bits per heavy atom. The van der Waals surface area contributed by atoms with Crippen molar-refractivity contribution < 1.29 is 4.74 Å². The molecule has 0 amide bonds. The van der Waals surface area contributed by atoms with Crippen LogP contribution in [0.2, 0.25) is 0 Å². The number of rotatable bonds is 6. The summed E-state index contributed by atoms with van der Waals surface area (Å²) in [5.41, 5.74) is 6.78. The Kier molecular flexibility index (Phi) is 5.42. The number of hydrogen-bond acceptors (Lipinski definition) is 3. The molecule has 0 aliphatic heterocycles. The fraction of sp³-hybridized carbons (Fsp3) is 0.143. The molecular weight excluding hydrogens is 408 g/mol. The molecule has 0 fully saturated rings. The maximum Gasteiger partial charge on any atom is 0.149 e. The highest BCUT2D eigenvalue weighted by Gasteiger charge is 2.12. The van der Waals surface area contributed by atoms with Crippen molar-refractivity contribution in [1.29, 1.82) is 5.26 Å². The van der Waals surface area contributed by atoms with Crippen LogP contribution in [-0.2, 0) is 6.54 Å². The molecule has 0 bridgehead atoms. The number of allylic oxidation sites excluding steroid dienone is 1. The summed E-state index contributed by atoms with van der Waals surface area (Å²) in [6.45, 7) is 5.40. The predicted octanol–water partition coefficient (Wildman–Crippen LogP) is 6.28. The van der Waals surface area contributed by atoms with Gasteiger partial charge in [-0.3, -0.25) is 0 Å². The molecule has 5 heteroatoms. The summed E-state index contributed by atoms with van der Waals surface area (Å²) in [6.07, 6.45) is 3.99. The zero-order valence-electron chi connectivity index (χ0n) is 18.7. The van der Waals surface area contributed by atoms with Gasteiger partial charge in [-0.25, -0.2) is 4.98 Å². The lowest BCUT2D eigenvalue weighted by Crippen LogP contribution is -2.07. The lowest BCUT2D eigenvalue weighted by molar-refractivity contribution is 0.300. The summed E-state index contributed by atoms with van der Waals surface area (Å²) < 4.78 is 8.06. The van der Waals surface area contributed by atoms with Crippen molar-refractivity contribution in [2.24, 2.45) is 0 Å². The zero-order valence-corrected chi connectivity index (χ0v) is 18.7. The van der Waals surface area contributed by atoms with E-state index in [2.05, 4.69) is 64.9 Å². The molecular formula is C28H24N4O. The Labute approximate surface area is 192 Å². The van der Waals surface area contributed by atoms with Gasteiger partial charge in [0.1, 0.15) is 24.3 Å². The average molecular weight is 433 g/mol. The normalized spacial score (nSPS) is 11.7. The molecule has 5 rings (SSSR count). The van der Waals surface area contributed by atoms with Crippen molar-refractivity contribution >= 4 is 33.6 Å². The standard InChI is InChI=1S/C28H24N4O/c1-19-14-25-26(15-20(19)2)31-28(30-25)21(17-29)16-22-18-32(27-11-7-6-10-24(22)27)12-13-33-23-8-4-3-5-9-23/h3-11,14-16,18H,12-13H2,1-2H3,(H,30,31)/b21-16-. The Bertz CT molecular complexity index is 1480. The van der Waals surface area contributed by atoms with Gasteiger partial charge in [-0.2, -0.15) is 5.26 Å². The van der Waals surface area contributed by atoms with Gasteiger partial charge in [0.15, 0.2) is 0 Å². The van der Waals surface area contributed by atoms with Gasteiger partial charge in [-0.1, -0.05) is 36.4 Å². The zero-order chi connectivity index (χ0) is 22.8. The van der Waals surface area contributed by atoms with Gasteiger partial charge in [0.25, 0.3) is 0 Å². The predicted molar refractivity (Wildman–Crippen MR) is 133 cm³/mol. The van der Waals surface area contributed by atoms with Gasteiger partial charge in [0.05, 0.1) is 23.2 Å². The minimum atomic E-state index is 0.505. The van der Waals surface area contributed by atoms with E-state index in [0.717, 1.165) is 33.2 Å². The van der Waals surface area contributed by atoms with Crippen LogP contribution < -0.4 is 4.74 Å². The number of imidazole rings is 1. The maximum atomic E-state index is 9.92. The number of hydrogen-bond donors (Lipinski definition) is 1. The van der Waals surface area contributed by atoms with Crippen LogP contribution in [0.1, 0.15) is 22.5 Å². The Morgan fingerprint density at radius 1 is 1.06 bits per heavy atom. The lowest BCUT2D eigenvalue weighted by Gasteiger charge is -2.08. The number of benzene rings is 3. The molecule has 0 aliphatic carbocycles. The third-order valence-corrected chi connectivity index (χ3v) is 5.94. The minimum absolute atomic E-state index is 0.505. The molecule has 2 aromatic heterocycles. The fourth-order valence-corrected chi connectivity index (χ4v) is 4.06. The summed E-state index contributed by atoms with van der Waals surface area (Å²) >= 11 is 0. The molecule has 0 spiro atoms. The van der Waals surface area contributed by atoms with Gasteiger partial charge in [-0.05, 0) is 61.4 Å². The molecule has 5 nitrogen and oxygen atoms in total. The van der Waals surface area contributed by atoms with E-state index in [1.165, 1.54) is 11.1 Å². The van der Waals surface area contributed by atoms with Crippen LogP contribution in [0.25, 0.3) is 33.6 Å². The molecule has 2 heterocycles. The summed E-state index contributed by atoms with van der Waals surface area (Å²) in [6, 6.07) is 24.5. The van der Waals surface area contributed by atoms with E-state index in [1.807, 2.05) is 48.5 Å². The van der Waals surface area contributed by atoms with E-state index < -0.39 is 0 Å². The maximum absolute atomic E-state index is 9.92. The number of aromatic nitrogens is 3. The van der Waals surface area contributed by atoms with E-state index in [1.54, 1.807) is 0 Å². The molecule has 0 atom stereocenters. The van der Waals surface area contributed by atoms with Crippen LogP contribution in [0, 0.1) is 25.2 Å². The molecule has 1 N–H and O–H groups in total. The lowest BCUT2D eigenvalue weighted by atomic mass is 10.1. The summed E-state index contributed by atoms with van der Waals surface area (Å²) in [4.78, 5) is 7.99. The minimum Gasteiger partial charge on any atom is -0.492 e. The van der Waals surface area contributed by atoms with Crippen molar-refractivity contribution in [3.8, 4) is 11.8 Å². The highest BCUT2D eigenvalue weighted by atomic mass is 16.5. The molecule has 0 unspecified atom stereocenters. The fourth-order valence-electron chi connectivity index (χ4n) is 4.06. The molecule has 0 saturated carbocycles. The van der Waals surface area contributed by atoms with E-state index in [0.29, 0.717) is 24.5 Å². The molecule has 0 saturated heterocycles. The van der Waals surface area contributed by atoms with Gasteiger partial charge in [0.2, 0.25) is 0 Å². The number of ether oxygens (including phenoxy) is 1. The van der Waals surface area contributed by atoms with Crippen LogP contribution >= 0.6 is 0 Å². The van der Waals surface area contributed by atoms with E-state index >= 15 is 0 Å². The first-order chi connectivity index (χ1) is 16.1. The van der Waals surface area contributed by atoms with Crippen molar-refractivity contribution in [2.75, 3.05) is 6.61 Å². The van der Waals surface area contributed by atoms with Gasteiger partial charge in [0, 0.05) is 22.7 Å². The van der Waals surface area contributed by atoms with E-state index in [4.69, 9.17) is 4.74 Å². The van der Waals surface area contributed by atoms with Crippen LogP contribution in [0.15, 0.2) is 72.9 Å². The number of para-hydroxylation sites is 2. The van der Waals surface area contributed by atoms with Crippen LogP contribution in [-0.4, -0.2) is 21.1 Å². The van der Waals surface area contributed by atoms with Crippen molar-refractivity contribution in [3.05, 3.63) is 95.4 Å². The third kappa shape index (κ3) is 4.11. The molecule has 0 radical (unpaired) electrons. The highest BCUT2D eigenvalue weighted by Crippen LogP contribution is 2.27. The number of nitriles is 1. The number of aromatic amines is 1. The smallest absolute Gasteiger partial charge is 0.149 e. The number of H-pyrrole nitrogens is 1. The van der Waals surface area contributed by atoms with Crippen LogP contribution in [0.5, 0.6) is 5.75 Å². The highest BCUT2D eigenvalue weighted by molar-refractivity contribution is 5.98. The first-order valence-electron chi connectivity index (χ1n) is 11.0. The summed E-state index contributed by atoms with van der Waals surface area (Å²) in [7, 11) is 0. The Hall–Kier alpha value is -4.30. The van der Waals surface area contributed by atoms with Gasteiger partial charge in [-0.15, -0.1) is 0 Å². The number of nitrogens with zero attached hydrogens (tertiary/aromatic N) is 3. The third-order valence-electron chi connectivity index (χ3n) is 5.94. The SMILES string of the molecule is Cc1cc2nc(/C(C#N)=C\c3cn(CCOc4ccccc4)c4ccccc34)[nH]c2cc1C. The molecule has 5 aromatic rings. The van der Waals surface area contributed by atoms with Crippen molar-refractivity contribution in [3.63, 3.8) is 0 Å². The second-order valence-corrected chi connectivity index (χ2v) is 8.17. The first-order valence-corrected chi connectivity index (χ1v) is 11.0. The molecule has 3 aromatic carbocycles. The van der Waals surface area contributed by atoms with Crippen LogP contribution in [0.3, 0.4) is 0 Å². The topological polar surface area (TPSA) is 66.6 Å². The number of nitrogens with one attached hydrogen (secondary N) is 1. The second kappa shape index (κ2) is 8.68. The molecule has 33 heavy (non-hydrogen) atoms. The monoisotopic (exact) mass is 432 g/mol. The van der Waals surface area contributed by atoms with E-state index in [9.17, 15) is 5.26 Å². The number of aryl methyl sites for hydroxylation is 2. The van der Waals surface area contributed by atoms with Gasteiger partial charge < -0.3 is 14.3 Å². The molecule has 0 aliphatic rings. The quantitative estimate of drug-likeness (QED) is 0.321. The Balaban J connectivity index is 1.48. The molecule has 162 valence electrons. The summed E-state index contributed by atoms with van der Waals surface area (Å²) in [5, 5.41) is 11.0. The summed E-state index contributed by atoms with van der Waals surface area (Å²) in [5.74, 6) is 1.44. The largest absolute Gasteiger partial charge is 0.492 e. The Morgan fingerprint density at radius 2 is 1.82 bits per heavy atom. The average Bonchev–Trinajstić information content (AvgIpc) is 3.39.